The highest BCUT2D eigenvalue weighted by Crippen LogP contribution is 2.23. The molecule has 0 aromatic heterocycles. The average molecular weight is 326 g/mol. The van der Waals surface area contributed by atoms with Gasteiger partial charge in [0.15, 0.2) is 0 Å². The van der Waals surface area contributed by atoms with E-state index in [1.165, 1.54) is 0 Å². The van der Waals surface area contributed by atoms with Gasteiger partial charge in [-0.25, -0.2) is 0 Å². The Balaban J connectivity index is 1.91. The van der Waals surface area contributed by atoms with Gasteiger partial charge in [0.25, 0.3) is 0 Å². The predicted molar refractivity (Wildman–Crippen MR) is 99.4 cm³/mol. The molecule has 2 aromatic carbocycles. The maximum absolute atomic E-state index is 11.8. The summed E-state index contributed by atoms with van der Waals surface area (Å²) in [7, 11) is 0. The van der Waals surface area contributed by atoms with Gasteiger partial charge in [-0.2, -0.15) is 0 Å². The summed E-state index contributed by atoms with van der Waals surface area (Å²) in [5, 5.41) is 6.09. The minimum Gasteiger partial charge on any atom is -0.494 e. The molecule has 1 amide bonds. The fraction of sp³-hybridized carbons (Fsp3) is 0.350. The number of nitrogens with one attached hydrogen (secondary N) is 2. The second-order valence-electron chi connectivity index (χ2n) is 5.77. The minimum absolute atomic E-state index is 0.0138. The van der Waals surface area contributed by atoms with Crippen LogP contribution < -0.4 is 15.4 Å². The number of amides is 1. The van der Waals surface area contributed by atoms with E-state index in [0.29, 0.717) is 6.61 Å². The number of hydrogen-bond acceptors (Lipinski definition) is 3. The maximum atomic E-state index is 11.8. The Bertz CT molecular complexity index is 636. The van der Waals surface area contributed by atoms with Gasteiger partial charge in [0.1, 0.15) is 5.75 Å². The summed E-state index contributed by atoms with van der Waals surface area (Å²) in [5.74, 6) is 0.895. The molecule has 2 aromatic rings. The van der Waals surface area contributed by atoms with Crippen molar-refractivity contribution in [3.8, 4) is 16.9 Å². The maximum Gasteiger partial charge on any atom is 0.239 e. The van der Waals surface area contributed by atoms with Crippen molar-refractivity contribution in [1.29, 1.82) is 0 Å². The standard InChI is InChI=1S/C20H26N2O2/c1-4-15(3)22-20(23)14-21-18-10-6-16(7-11-18)17-8-12-19(13-9-17)24-5-2/h6-13,15,21H,4-5,14H2,1-3H3,(H,22,23)/t15-/m0/s1. The van der Waals surface area contributed by atoms with Crippen LogP contribution in [0.2, 0.25) is 0 Å². The molecule has 0 radical (unpaired) electrons. The van der Waals surface area contributed by atoms with Gasteiger partial charge in [0.05, 0.1) is 13.2 Å². The Hall–Kier alpha value is -2.49. The molecular weight excluding hydrogens is 300 g/mol. The van der Waals surface area contributed by atoms with Gasteiger partial charge >= 0.3 is 0 Å². The average Bonchev–Trinajstić information content (AvgIpc) is 2.61. The van der Waals surface area contributed by atoms with Gasteiger partial charge in [-0.1, -0.05) is 31.2 Å². The van der Waals surface area contributed by atoms with Crippen molar-refractivity contribution in [3.63, 3.8) is 0 Å². The number of ether oxygens (including phenoxy) is 1. The molecular formula is C20H26N2O2. The molecule has 2 rings (SSSR count). The van der Waals surface area contributed by atoms with Crippen LogP contribution in [-0.2, 0) is 4.79 Å². The lowest BCUT2D eigenvalue weighted by Crippen LogP contribution is -2.36. The summed E-state index contributed by atoms with van der Waals surface area (Å²) in [5.41, 5.74) is 3.20. The lowest BCUT2D eigenvalue weighted by molar-refractivity contribution is -0.120. The first-order valence-corrected chi connectivity index (χ1v) is 8.49. The third-order valence-corrected chi connectivity index (χ3v) is 3.86. The lowest BCUT2D eigenvalue weighted by Gasteiger charge is -2.12. The Morgan fingerprint density at radius 1 is 1.00 bits per heavy atom. The van der Waals surface area contributed by atoms with E-state index in [2.05, 4.69) is 17.6 Å². The Labute approximate surface area is 144 Å². The molecule has 0 aliphatic carbocycles. The molecule has 0 unspecified atom stereocenters. The lowest BCUT2D eigenvalue weighted by atomic mass is 10.1. The summed E-state index contributed by atoms with van der Waals surface area (Å²) in [6.07, 6.45) is 0.933. The molecule has 0 saturated heterocycles. The molecule has 0 spiro atoms. The summed E-state index contributed by atoms with van der Waals surface area (Å²) in [4.78, 5) is 11.8. The van der Waals surface area contributed by atoms with Crippen LogP contribution in [0.5, 0.6) is 5.75 Å². The second-order valence-corrected chi connectivity index (χ2v) is 5.77. The van der Waals surface area contributed by atoms with E-state index < -0.39 is 0 Å². The molecule has 4 nitrogen and oxygen atoms in total. The van der Waals surface area contributed by atoms with Crippen molar-refractivity contribution < 1.29 is 9.53 Å². The van der Waals surface area contributed by atoms with Crippen LogP contribution in [0, 0.1) is 0 Å². The van der Waals surface area contributed by atoms with Crippen LogP contribution in [0.25, 0.3) is 11.1 Å². The quantitative estimate of drug-likeness (QED) is 0.768. The first-order valence-electron chi connectivity index (χ1n) is 8.49. The fourth-order valence-electron chi connectivity index (χ4n) is 2.30. The summed E-state index contributed by atoms with van der Waals surface area (Å²) >= 11 is 0. The van der Waals surface area contributed by atoms with Crippen LogP contribution in [0.15, 0.2) is 48.5 Å². The minimum atomic E-state index is 0.0138. The van der Waals surface area contributed by atoms with E-state index in [1.807, 2.05) is 62.4 Å². The van der Waals surface area contributed by atoms with Crippen LogP contribution in [0.3, 0.4) is 0 Å². The first kappa shape index (κ1) is 17.9. The smallest absolute Gasteiger partial charge is 0.239 e. The van der Waals surface area contributed by atoms with Crippen molar-refractivity contribution in [1.82, 2.24) is 5.32 Å². The van der Waals surface area contributed by atoms with Crippen LogP contribution in [0.1, 0.15) is 27.2 Å². The van der Waals surface area contributed by atoms with E-state index in [9.17, 15) is 4.79 Å². The van der Waals surface area contributed by atoms with Crippen molar-refractivity contribution >= 4 is 11.6 Å². The first-order chi connectivity index (χ1) is 11.6. The topological polar surface area (TPSA) is 50.4 Å². The number of hydrogen-bond donors (Lipinski definition) is 2. The third-order valence-electron chi connectivity index (χ3n) is 3.86. The molecule has 0 saturated carbocycles. The highest BCUT2D eigenvalue weighted by Gasteiger charge is 2.05. The van der Waals surface area contributed by atoms with Crippen molar-refractivity contribution in [2.75, 3.05) is 18.5 Å². The van der Waals surface area contributed by atoms with Gasteiger partial charge < -0.3 is 15.4 Å². The second kappa shape index (κ2) is 8.96. The van der Waals surface area contributed by atoms with Crippen molar-refractivity contribution in [2.24, 2.45) is 0 Å². The molecule has 128 valence electrons. The van der Waals surface area contributed by atoms with Gasteiger partial charge in [-0.15, -0.1) is 0 Å². The Morgan fingerprint density at radius 3 is 2.12 bits per heavy atom. The van der Waals surface area contributed by atoms with E-state index in [0.717, 1.165) is 29.0 Å². The van der Waals surface area contributed by atoms with Crippen molar-refractivity contribution in [3.05, 3.63) is 48.5 Å². The summed E-state index contributed by atoms with van der Waals surface area (Å²) in [6.45, 7) is 6.99. The normalized spacial score (nSPS) is 11.6. The zero-order chi connectivity index (χ0) is 17.4. The monoisotopic (exact) mass is 326 g/mol. The third kappa shape index (κ3) is 5.30. The predicted octanol–water partition coefficient (Wildman–Crippen LogP) is 4.08. The Kier molecular flexibility index (Phi) is 6.67. The number of anilines is 1. The van der Waals surface area contributed by atoms with E-state index >= 15 is 0 Å². The molecule has 1 atom stereocenters. The molecule has 4 heteroatoms. The highest BCUT2D eigenvalue weighted by atomic mass is 16.5. The van der Waals surface area contributed by atoms with Crippen LogP contribution in [0.4, 0.5) is 5.69 Å². The van der Waals surface area contributed by atoms with Gasteiger partial charge in [-0.05, 0) is 55.7 Å². The molecule has 0 aliphatic rings. The molecule has 0 bridgehead atoms. The highest BCUT2D eigenvalue weighted by molar-refractivity contribution is 5.81. The summed E-state index contributed by atoms with van der Waals surface area (Å²) < 4.78 is 5.46. The largest absolute Gasteiger partial charge is 0.494 e. The fourth-order valence-corrected chi connectivity index (χ4v) is 2.30. The van der Waals surface area contributed by atoms with Gasteiger partial charge in [-0.3, -0.25) is 4.79 Å². The number of rotatable bonds is 8. The van der Waals surface area contributed by atoms with Crippen molar-refractivity contribution in [2.45, 2.75) is 33.2 Å². The molecule has 0 heterocycles. The molecule has 0 aliphatic heterocycles. The van der Waals surface area contributed by atoms with E-state index in [-0.39, 0.29) is 18.5 Å². The van der Waals surface area contributed by atoms with E-state index in [1.54, 1.807) is 0 Å². The SMILES string of the molecule is CCOc1ccc(-c2ccc(NCC(=O)N[C@@H](C)CC)cc2)cc1. The zero-order valence-electron chi connectivity index (χ0n) is 14.6. The number of benzene rings is 2. The number of carbonyl (C=O) groups excluding carboxylic acids is 1. The number of carbonyl (C=O) groups is 1. The van der Waals surface area contributed by atoms with Crippen LogP contribution in [-0.4, -0.2) is 25.1 Å². The van der Waals surface area contributed by atoms with E-state index in [4.69, 9.17) is 4.74 Å². The van der Waals surface area contributed by atoms with Crippen LogP contribution >= 0.6 is 0 Å². The van der Waals surface area contributed by atoms with Gasteiger partial charge in [0.2, 0.25) is 5.91 Å². The molecule has 24 heavy (non-hydrogen) atoms. The summed E-state index contributed by atoms with van der Waals surface area (Å²) in [6, 6.07) is 16.3. The molecule has 2 N–H and O–H groups in total. The molecule has 0 fully saturated rings. The Morgan fingerprint density at radius 2 is 1.58 bits per heavy atom. The zero-order valence-corrected chi connectivity index (χ0v) is 14.6. The van der Waals surface area contributed by atoms with Gasteiger partial charge in [0, 0.05) is 11.7 Å².